The summed E-state index contributed by atoms with van der Waals surface area (Å²) in [6.45, 7) is 0. The number of carbonyl (C=O) groups is 2. The number of amides is 1. The summed E-state index contributed by atoms with van der Waals surface area (Å²) in [4.78, 5) is 23.1. The Morgan fingerprint density at radius 1 is 1.12 bits per heavy atom. The van der Waals surface area contributed by atoms with Gasteiger partial charge in [0.05, 0.1) is 17.0 Å². The van der Waals surface area contributed by atoms with Crippen molar-refractivity contribution in [2.45, 2.75) is 12.8 Å². The minimum absolute atomic E-state index is 0.0295. The third-order valence-corrected chi connectivity index (χ3v) is 4.59. The van der Waals surface area contributed by atoms with E-state index in [1.54, 1.807) is 0 Å². The largest absolute Gasteiger partial charge is 0.478 e. The van der Waals surface area contributed by atoms with Gasteiger partial charge in [0.15, 0.2) is 0 Å². The van der Waals surface area contributed by atoms with E-state index in [1.165, 1.54) is 35.5 Å². The molecule has 0 bridgehead atoms. The molecule has 0 saturated carbocycles. The molecule has 0 fully saturated rings. The number of aryl methyl sites for hydroxylation is 1. The van der Waals surface area contributed by atoms with Crippen molar-refractivity contribution in [1.82, 2.24) is 0 Å². The highest BCUT2D eigenvalue weighted by Crippen LogP contribution is 2.21. The van der Waals surface area contributed by atoms with Crippen LogP contribution in [0.1, 0.15) is 22.3 Å². The van der Waals surface area contributed by atoms with E-state index < -0.39 is 5.97 Å². The number of halogens is 1. The molecule has 1 amide bonds. The van der Waals surface area contributed by atoms with Crippen LogP contribution < -0.4 is 5.32 Å². The first-order valence-corrected chi connectivity index (χ1v) is 9.04. The van der Waals surface area contributed by atoms with E-state index in [1.807, 2.05) is 18.2 Å². The van der Waals surface area contributed by atoms with Gasteiger partial charge >= 0.3 is 5.97 Å². The van der Waals surface area contributed by atoms with Crippen LogP contribution in [-0.2, 0) is 11.2 Å². The van der Waals surface area contributed by atoms with Gasteiger partial charge < -0.3 is 10.4 Å². The lowest BCUT2D eigenvalue weighted by Crippen LogP contribution is -2.17. The van der Waals surface area contributed by atoms with Crippen LogP contribution >= 0.6 is 23.4 Å². The number of hydrogen-bond acceptors (Lipinski definition) is 3. The van der Waals surface area contributed by atoms with Crippen molar-refractivity contribution in [2.24, 2.45) is 0 Å². The molecular formula is C18H18ClNO3S. The molecule has 0 unspecified atom stereocenters. The molecule has 2 aromatic carbocycles. The van der Waals surface area contributed by atoms with E-state index in [-0.39, 0.29) is 22.9 Å². The number of rotatable bonds is 8. The number of benzene rings is 2. The van der Waals surface area contributed by atoms with Gasteiger partial charge in [0.25, 0.3) is 0 Å². The fourth-order valence-electron chi connectivity index (χ4n) is 2.18. The van der Waals surface area contributed by atoms with Gasteiger partial charge in [0.2, 0.25) is 5.91 Å². The Hall–Kier alpha value is -1.98. The van der Waals surface area contributed by atoms with Crippen LogP contribution in [0, 0.1) is 0 Å². The van der Waals surface area contributed by atoms with Crippen LogP contribution in [0.2, 0.25) is 5.02 Å². The maximum atomic E-state index is 12.0. The molecule has 0 atom stereocenters. The van der Waals surface area contributed by atoms with Gasteiger partial charge in [-0.15, -0.1) is 0 Å². The molecule has 24 heavy (non-hydrogen) atoms. The zero-order chi connectivity index (χ0) is 17.4. The predicted octanol–water partition coefficient (Wildman–Crippen LogP) is 4.34. The third-order valence-electron chi connectivity index (χ3n) is 3.32. The van der Waals surface area contributed by atoms with Crippen LogP contribution in [0.4, 0.5) is 5.69 Å². The summed E-state index contributed by atoms with van der Waals surface area (Å²) in [6.07, 6.45) is 1.96. The molecule has 0 aliphatic rings. The zero-order valence-corrected chi connectivity index (χ0v) is 14.6. The van der Waals surface area contributed by atoms with Crippen LogP contribution in [0.5, 0.6) is 0 Å². The second-order valence-corrected chi connectivity index (χ2v) is 6.73. The van der Waals surface area contributed by atoms with Gasteiger partial charge in [-0.25, -0.2) is 4.79 Å². The third kappa shape index (κ3) is 5.91. The average molecular weight is 364 g/mol. The lowest BCUT2D eigenvalue weighted by Gasteiger charge is -2.09. The Labute approximate surface area is 150 Å². The van der Waals surface area contributed by atoms with Crippen molar-refractivity contribution in [2.75, 3.05) is 16.8 Å². The fourth-order valence-corrected chi connectivity index (χ4v) is 3.10. The highest BCUT2D eigenvalue weighted by molar-refractivity contribution is 7.99. The Morgan fingerprint density at radius 3 is 2.58 bits per heavy atom. The standard InChI is InChI=1S/C18H18ClNO3S/c19-14-8-9-15(18(22)23)16(11-14)20-17(21)12-24-10-4-7-13-5-2-1-3-6-13/h1-3,5-6,8-9,11H,4,7,10,12H2,(H,20,21)(H,22,23). The van der Waals surface area contributed by atoms with Gasteiger partial charge in [0.1, 0.15) is 0 Å². The molecular weight excluding hydrogens is 346 g/mol. The smallest absolute Gasteiger partial charge is 0.337 e. The van der Waals surface area contributed by atoms with Crippen LogP contribution in [0.3, 0.4) is 0 Å². The summed E-state index contributed by atoms with van der Waals surface area (Å²) in [5, 5.41) is 12.1. The number of anilines is 1. The molecule has 2 rings (SSSR count). The molecule has 0 aliphatic heterocycles. The second kappa shape index (κ2) is 9.35. The van der Waals surface area contributed by atoms with E-state index >= 15 is 0 Å². The molecule has 2 N–H and O–H groups in total. The highest BCUT2D eigenvalue weighted by Gasteiger charge is 2.13. The van der Waals surface area contributed by atoms with Gasteiger partial charge in [-0.2, -0.15) is 11.8 Å². The Bertz CT molecular complexity index is 707. The van der Waals surface area contributed by atoms with Crippen molar-refractivity contribution >= 4 is 40.9 Å². The maximum absolute atomic E-state index is 12.0. The van der Waals surface area contributed by atoms with E-state index in [4.69, 9.17) is 16.7 Å². The summed E-state index contributed by atoms with van der Waals surface area (Å²) < 4.78 is 0. The maximum Gasteiger partial charge on any atom is 0.337 e. The van der Waals surface area contributed by atoms with Crippen LogP contribution in [0.15, 0.2) is 48.5 Å². The Kier molecular flexibility index (Phi) is 7.15. The number of nitrogens with one attached hydrogen (secondary N) is 1. The summed E-state index contributed by atoms with van der Waals surface area (Å²) in [7, 11) is 0. The minimum Gasteiger partial charge on any atom is -0.478 e. The number of carboxylic acids is 1. The zero-order valence-electron chi connectivity index (χ0n) is 13.0. The molecule has 0 aromatic heterocycles. The van der Waals surface area contributed by atoms with Crippen molar-refractivity contribution in [3.8, 4) is 0 Å². The lowest BCUT2D eigenvalue weighted by atomic mass is 10.1. The van der Waals surface area contributed by atoms with E-state index in [0.29, 0.717) is 5.02 Å². The summed E-state index contributed by atoms with van der Waals surface area (Å²) in [5.41, 5.74) is 1.54. The molecule has 126 valence electrons. The first-order chi connectivity index (χ1) is 11.6. The fraction of sp³-hybridized carbons (Fsp3) is 0.222. The molecule has 0 heterocycles. The van der Waals surface area contributed by atoms with Crippen molar-refractivity contribution in [3.05, 3.63) is 64.7 Å². The monoisotopic (exact) mass is 363 g/mol. The van der Waals surface area contributed by atoms with Gasteiger partial charge in [-0.1, -0.05) is 41.9 Å². The summed E-state index contributed by atoms with van der Waals surface area (Å²) >= 11 is 7.39. The molecule has 0 saturated heterocycles. The Balaban J connectivity index is 1.75. The number of carbonyl (C=O) groups excluding carboxylic acids is 1. The number of aromatic carboxylic acids is 1. The molecule has 0 spiro atoms. The first kappa shape index (κ1) is 18.4. The van der Waals surface area contributed by atoms with Crippen LogP contribution in [-0.4, -0.2) is 28.5 Å². The van der Waals surface area contributed by atoms with E-state index in [0.717, 1.165) is 18.6 Å². The van der Waals surface area contributed by atoms with Crippen molar-refractivity contribution < 1.29 is 14.7 Å². The SMILES string of the molecule is O=C(CSCCCc1ccccc1)Nc1cc(Cl)ccc1C(=O)O. The topological polar surface area (TPSA) is 66.4 Å². The lowest BCUT2D eigenvalue weighted by molar-refractivity contribution is -0.113. The molecule has 2 aromatic rings. The van der Waals surface area contributed by atoms with Crippen molar-refractivity contribution in [1.29, 1.82) is 0 Å². The molecule has 0 aliphatic carbocycles. The molecule has 0 radical (unpaired) electrons. The van der Waals surface area contributed by atoms with Gasteiger partial charge in [0, 0.05) is 5.02 Å². The van der Waals surface area contributed by atoms with Gasteiger partial charge in [-0.3, -0.25) is 4.79 Å². The second-order valence-electron chi connectivity index (χ2n) is 5.18. The van der Waals surface area contributed by atoms with Crippen molar-refractivity contribution in [3.63, 3.8) is 0 Å². The Morgan fingerprint density at radius 2 is 1.88 bits per heavy atom. The summed E-state index contributed by atoms with van der Waals surface area (Å²) in [6, 6.07) is 14.5. The quantitative estimate of drug-likeness (QED) is 0.684. The predicted molar refractivity (Wildman–Crippen MR) is 99.1 cm³/mol. The molecule has 6 heteroatoms. The van der Waals surface area contributed by atoms with E-state index in [2.05, 4.69) is 17.4 Å². The van der Waals surface area contributed by atoms with Gasteiger partial charge in [-0.05, 0) is 42.4 Å². The molecule has 4 nitrogen and oxygen atoms in total. The van der Waals surface area contributed by atoms with E-state index in [9.17, 15) is 9.59 Å². The first-order valence-electron chi connectivity index (χ1n) is 7.50. The normalized spacial score (nSPS) is 10.4. The number of thioether (sulfide) groups is 1. The minimum atomic E-state index is -1.10. The highest BCUT2D eigenvalue weighted by atomic mass is 35.5. The number of hydrogen-bond donors (Lipinski definition) is 2. The number of carboxylic acid groups (broad SMARTS) is 1. The average Bonchev–Trinajstić information content (AvgIpc) is 2.55. The summed E-state index contributed by atoms with van der Waals surface area (Å²) in [5.74, 6) is -0.189. The van der Waals surface area contributed by atoms with Crippen LogP contribution in [0.25, 0.3) is 0 Å².